The van der Waals surface area contributed by atoms with Crippen LogP contribution in [0.2, 0.25) is 5.02 Å². The summed E-state index contributed by atoms with van der Waals surface area (Å²) in [5.74, 6) is -1.79. The number of amidine groups is 1. The van der Waals surface area contributed by atoms with Crippen molar-refractivity contribution in [3.8, 4) is 0 Å². The van der Waals surface area contributed by atoms with Crippen LogP contribution < -0.4 is 10.0 Å². The van der Waals surface area contributed by atoms with Gasteiger partial charge in [-0.1, -0.05) is 17.7 Å². The van der Waals surface area contributed by atoms with Crippen LogP contribution in [0.3, 0.4) is 0 Å². The Morgan fingerprint density at radius 2 is 1.85 bits per heavy atom. The van der Waals surface area contributed by atoms with Gasteiger partial charge >= 0.3 is 0 Å². The minimum absolute atomic E-state index is 0.0336. The molecule has 40 heavy (non-hydrogen) atoms. The van der Waals surface area contributed by atoms with Crippen LogP contribution >= 0.6 is 11.6 Å². The average Bonchev–Trinajstić information content (AvgIpc) is 2.88. The van der Waals surface area contributed by atoms with Crippen LogP contribution in [0.25, 0.3) is 0 Å². The van der Waals surface area contributed by atoms with E-state index in [1.165, 1.54) is 24.3 Å². The molecule has 2 heterocycles. The number of nitrogens with zero attached hydrogens (tertiary/aromatic N) is 2. The predicted octanol–water partition coefficient (Wildman–Crippen LogP) is 4.02. The van der Waals surface area contributed by atoms with E-state index in [1.54, 1.807) is 11.0 Å². The van der Waals surface area contributed by atoms with Crippen molar-refractivity contribution >= 4 is 54.8 Å². The van der Waals surface area contributed by atoms with Gasteiger partial charge in [0.25, 0.3) is 15.9 Å². The van der Waals surface area contributed by atoms with Gasteiger partial charge in [-0.2, -0.15) is 8.42 Å². The molecule has 0 saturated heterocycles. The number of sulfonamides is 2. The van der Waals surface area contributed by atoms with Gasteiger partial charge in [0.05, 0.1) is 17.0 Å². The third-order valence-electron chi connectivity index (χ3n) is 8.18. The third-order valence-corrected chi connectivity index (χ3v) is 10.4. The molecule has 2 aromatic rings. The van der Waals surface area contributed by atoms with Crippen LogP contribution in [0.1, 0.15) is 31.2 Å². The molecular weight excluding hydrogens is 583 g/mol. The second-order valence-electron chi connectivity index (χ2n) is 10.8. The number of anilines is 2. The van der Waals surface area contributed by atoms with Gasteiger partial charge in [-0.15, -0.1) is 4.40 Å². The second-order valence-corrected chi connectivity index (χ2v) is 14.5. The van der Waals surface area contributed by atoms with E-state index in [9.17, 15) is 31.1 Å². The monoisotopic (exact) mass is 608 g/mol. The zero-order valence-electron chi connectivity index (χ0n) is 21.3. The Labute approximate surface area is 236 Å². The first-order valence-corrected chi connectivity index (χ1v) is 16.5. The number of hydrogen-bond acceptors (Lipinski definition) is 7. The van der Waals surface area contributed by atoms with Gasteiger partial charge in [0.15, 0.2) is 5.84 Å². The summed E-state index contributed by atoms with van der Waals surface area (Å²) in [6.45, 7) is 0.0944. The number of carbonyl (C=O) groups is 1. The van der Waals surface area contributed by atoms with E-state index < -0.39 is 37.7 Å². The zero-order valence-corrected chi connectivity index (χ0v) is 23.7. The molecule has 0 radical (unpaired) electrons. The number of aliphatic hydroxyl groups is 1. The van der Waals surface area contributed by atoms with Crippen LogP contribution in [0.5, 0.6) is 0 Å². The maximum atomic E-state index is 14.1. The van der Waals surface area contributed by atoms with Crippen LogP contribution in [0.15, 0.2) is 57.0 Å². The van der Waals surface area contributed by atoms with Gasteiger partial charge in [0, 0.05) is 24.2 Å². The third kappa shape index (κ3) is 4.63. The summed E-state index contributed by atoms with van der Waals surface area (Å²) < 4.78 is 69.6. The summed E-state index contributed by atoms with van der Waals surface area (Å²) >= 11 is 6.01. The second kappa shape index (κ2) is 9.45. The molecule has 1 amide bonds. The molecule has 0 aromatic heterocycles. The molecule has 3 saturated carbocycles. The molecule has 3 aliphatic carbocycles. The number of halogens is 2. The van der Waals surface area contributed by atoms with Crippen molar-refractivity contribution in [3.05, 3.63) is 64.1 Å². The van der Waals surface area contributed by atoms with Crippen LogP contribution in [0, 0.1) is 23.6 Å². The van der Waals surface area contributed by atoms with E-state index >= 15 is 0 Å². The lowest BCUT2D eigenvalue weighted by Crippen LogP contribution is -2.60. The Balaban J connectivity index is 1.42. The minimum Gasteiger partial charge on any atom is -0.511 e. The van der Waals surface area contributed by atoms with Crippen molar-refractivity contribution in [2.24, 2.45) is 22.2 Å². The number of aliphatic hydroxyl groups excluding tert-OH is 1. The molecule has 2 atom stereocenters. The van der Waals surface area contributed by atoms with Gasteiger partial charge in [-0.3, -0.25) is 9.52 Å². The lowest BCUT2D eigenvalue weighted by molar-refractivity contribution is -0.140. The molecule has 2 aromatic carbocycles. The van der Waals surface area contributed by atoms with Crippen molar-refractivity contribution in [1.82, 2.24) is 4.90 Å². The summed E-state index contributed by atoms with van der Waals surface area (Å²) in [5.41, 5.74) is 0.491. The first-order valence-electron chi connectivity index (χ1n) is 12.7. The highest BCUT2D eigenvalue weighted by Crippen LogP contribution is 2.52. The number of rotatable bonds is 5. The number of fused-ring (bicyclic) bond motifs is 3. The Morgan fingerprint density at radius 3 is 2.52 bits per heavy atom. The Bertz CT molecular complexity index is 1720. The van der Waals surface area contributed by atoms with Gasteiger partial charge in [-0.05, 0) is 73.4 Å². The summed E-state index contributed by atoms with van der Waals surface area (Å²) in [6, 6.07) is 7.81. The molecule has 212 valence electrons. The van der Waals surface area contributed by atoms with Gasteiger partial charge in [0.2, 0.25) is 10.0 Å². The van der Waals surface area contributed by atoms with E-state index in [0.29, 0.717) is 5.56 Å². The highest BCUT2D eigenvalue weighted by molar-refractivity contribution is 7.92. The molecule has 2 aliphatic heterocycles. The lowest BCUT2D eigenvalue weighted by Gasteiger charge is -2.54. The van der Waals surface area contributed by atoms with Crippen molar-refractivity contribution in [3.63, 3.8) is 0 Å². The van der Waals surface area contributed by atoms with Crippen molar-refractivity contribution in [2.75, 3.05) is 16.3 Å². The van der Waals surface area contributed by atoms with E-state index in [-0.39, 0.29) is 62.9 Å². The Hall–Kier alpha value is -3.16. The number of amides is 1. The van der Waals surface area contributed by atoms with Crippen LogP contribution in [0.4, 0.5) is 15.8 Å². The largest absolute Gasteiger partial charge is 0.511 e. The maximum absolute atomic E-state index is 14.1. The maximum Gasteiger partial charge on any atom is 0.286 e. The first kappa shape index (κ1) is 27.0. The first-order chi connectivity index (χ1) is 18.8. The molecule has 2 bridgehead atoms. The molecule has 10 nitrogen and oxygen atoms in total. The molecule has 3 fully saturated rings. The Morgan fingerprint density at radius 1 is 1.15 bits per heavy atom. The topological polar surface area (TPSA) is 145 Å². The summed E-state index contributed by atoms with van der Waals surface area (Å²) in [7, 11) is -8.03. The van der Waals surface area contributed by atoms with Crippen molar-refractivity contribution in [1.29, 1.82) is 0 Å². The van der Waals surface area contributed by atoms with E-state index in [1.807, 2.05) is 0 Å². The predicted molar refractivity (Wildman–Crippen MR) is 147 cm³/mol. The zero-order chi connectivity index (χ0) is 28.6. The molecule has 2 unspecified atom stereocenters. The van der Waals surface area contributed by atoms with E-state index in [0.717, 1.165) is 38.0 Å². The van der Waals surface area contributed by atoms with E-state index in [2.05, 4.69) is 14.4 Å². The number of carbonyl (C=O) groups excluding carboxylic acids is 1. The summed E-state index contributed by atoms with van der Waals surface area (Å²) in [5, 5.41) is 14.3. The van der Waals surface area contributed by atoms with Crippen molar-refractivity contribution < 1.29 is 31.1 Å². The number of benzene rings is 2. The fourth-order valence-electron chi connectivity index (χ4n) is 6.59. The lowest BCUT2D eigenvalue weighted by atomic mass is 9.59. The van der Waals surface area contributed by atoms with Gasteiger partial charge < -0.3 is 15.3 Å². The van der Waals surface area contributed by atoms with Gasteiger partial charge in [0.1, 0.15) is 22.0 Å². The molecule has 7 rings (SSSR count). The fourth-order valence-corrected chi connectivity index (χ4v) is 8.49. The smallest absolute Gasteiger partial charge is 0.286 e. The normalized spacial score (nSPS) is 27.0. The van der Waals surface area contributed by atoms with Crippen LogP contribution in [-0.4, -0.2) is 50.9 Å². The standard InChI is InChI=1S/C26H26ClFN4O6S2/c1-39(35,36)30-16-7-9-19-20(11-16)40(37,38)31-25(29-19)22-24(33)21-14-3-5-15(6-4-14)23(21)32(26(22)34)12-13-2-8-18(28)17(27)10-13/h2,7-11,14-15,21,23,30,33H,3-6,12H2,1H3,(H,29,31). The highest BCUT2D eigenvalue weighted by atomic mass is 35.5. The summed E-state index contributed by atoms with van der Waals surface area (Å²) in [6.07, 6.45) is 4.52. The van der Waals surface area contributed by atoms with E-state index in [4.69, 9.17) is 11.6 Å². The summed E-state index contributed by atoms with van der Waals surface area (Å²) in [4.78, 5) is 15.4. The molecule has 14 heteroatoms. The fraction of sp³-hybridized carbons (Fsp3) is 0.385. The highest BCUT2D eigenvalue weighted by Gasteiger charge is 2.54. The molecule has 0 spiro atoms. The van der Waals surface area contributed by atoms with Gasteiger partial charge in [-0.25, -0.2) is 12.8 Å². The molecular formula is C26H26ClFN4O6S2. The molecule has 3 N–H and O–H groups in total. The van der Waals surface area contributed by atoms with Crippen molar-refractivity contribution in [2.45, 2.75) is 43.2 Å². The average molecular weight is 609 g/mol. The van der Waals surface area contributed by atoms with Crippen LogP contribution in [-0.2, 0) is 31.4 Å². The minimum atomic E-state index is -4.38. The Kier molecular flexibility index (Phi) is 6.39. The quantitative estimate of drug-likeness (QED) is 0.465. The molecule has 5 aliphatic rings. The SMILES string of the molecule is CS(=O)(=O)Nc1ccc2c(c1)S(=O)(=O)N=C(C1=C(O)C3C4CCC(CC4)C3N(Cc3ccc(F)c(Cl)c3)C1=O)N2. The number of hydrogen-bond donors (Lipinski definition) is 3. The number of nitrogens with one attached hydrogen (secondary N) is 2.